The summed E-state index contributed by atoms with van der Waals surface area (Å²) in [7, 11) is 0. The largest absolute Gasteiger partial charge is 0.352 e. The van der Waals surface area contributed by atoms with Crippen LogP contribution < -0.4 is 5.32 Å². The number of halogens is 2. The molecule has 0 saturated heterocycles. The number of rotatable bonds is 5. The first-order valence-electron chi connectivity index (χ1n) is 4.89. The Balaban J connectivity index is 2.49. The lowest BCUT2D eigenvalue weighted by Gasteiger charge is -2.06. The van der Waals surface area contributed by atoms with Gasteiger partial charge in [-0.25, -0.2) is 0 Å². The molecule has 1 rings (SSSR count). The fourth-order valence-electron chi connectivity index (χ4n) is 1.17. The molecule has 0 aliphatic heterocycles. The first-order chi connectivity index (χ1) is 8.15. The second-order valence-electron chi connectivity index (χ2n) is 3.19. The number of hydrogen-bond acceptors (Lipinski definition) is 2. The van der Waals surface area contributed by atoms with Crippen molar-refractivity contribution in [2.75, 3.05) is 13.1 Å². The van der Waals surface area contributed by atoms with Crippen molar-refractivity contribution in [3.63, 3.8) is 0 Å². The summed E-state index contributed by atoms with van der Waals surface area (Å²) in [5.41, 5.74) is 8.49. The van der Waals surface area contributed by atoms with E-state index in [2.05, 4.69) is 31.3 Å². The molecule has 7 heteroatoms. The maximum atomic E-state index is 11.7. The highest BCUT2D eigenvalue weighted by Gasteiger charge is 2.09. The van der Waals surface area contributed by atoms with Gasteiger partial charge in [0.1, 0.15) is 0 Å². The number of nitrogens with zero attached hydrogens (tertiary/aromatic N) is 3. The molecule has 0 spiro atoms. The predicted octanol–water partition coefficient (Wildman–Crippen LogP) is 3.53. The summed E-state index contributed by atoms with van der Waals surface area (Å²) in [5.74, 6) is -0.233. The van der Waals surface area contributed by atoms with Crippen molar-refractivity contribution in [1.29, 1.82) is 0 Å². The van der Waals surface area contributed by atoms with Crippen LogP contribution >= 0.6 is 27.5 Å². The van der Waals surface area contributed by atoms with Crippen LogP contribution in [0.15, 0.2) is 27.8 Å². The van der Waals surface area contributed by atoms with E-state index in [0.29, 0.717) is 30.1 Å². The van der Waals surface area contributed by atoms with Crippen LogP contribution in [-0.4, -0.2) is 19.0 Å². The Morgan fingerprint density at radius 3 is 3.00 bits per heavy atom. The molecule has 0 aromatic heterocycles. The number of amides is 1. The minimum Gasteiger partial charge on any atom is -0.352 e. The molecule has 1 amide bonds. The molecule has 0 bridgehead atoms. The van der Waals surface area contributed by atoms with Crippen LogP contribution in [0.5, 0.6) is 0 Å². The van der Waals surface area contributed by atoms with E-state index in [4.69, 9.17) is 17.1 Å². The van der Waals surface area contributed by atoms with Crippen LogP contribution in [0.4, 0.5) is 0 Å². The lowest BCUT2D eigenvalue weighted by Crippen LogP contribution is -2.25. The average Bonchev–Trinajstić information content (AvgIpc) is 2.28. The van der Waals surface area contributed by atoms with Gasteiger partial charge in [-0.05, 0) is 30.2 Å². The third-order valence-corrected chi connectivity index (χ3v) is 2.77. The van der Waals surface area contributed by atoms with Crippen LogP contribution in [0.2, 0.25) is 5.02 Å². The van der Waals surface area contributed by atoms with Gasteiger partial charge in [0.25, 0.3) is 5.91 Å². The molecule has 0 aliphatic carbocycles. The van der Waals surface area contributed by atoms with Crippen molar-refractivity contribution in [1.82, 2.24) is 5.32 Å². The summed E-state index contributed by atoms with van der Waals surface area (Å²) in [6.45, 7) is 0.815. The van der Waals surface area contributed by atoms with Crippen LogP contribution in [0.1, 0.15) is 16.8 Å². The first kappa shape index (κ1) is 13.8. The summed E-state index contributed by atoms with van der Waals surface area (Å²) in [4.78, 5) is 14.3. The van der Waals surface area contributed by atoms with Crippen LogP contribution in [0.25, 0.3) is 10.4 Å². The van der Waals surface area contributed by atoms with Gasteiger partial charge in [0, 0.05) is 22.5 Å². The van der Waals surface area contributed by atoms with Gasteiger partial charge >= 0.3 is 0 Å². The normalized spacial score (nSPS) is 9.53. The van der Waals surface area contributed by atoms with E-state index < -0.39 is 0 Å². The Bertz CT molecular complexity index is 460. The number of hydrogen-bond donors (Lipinski definition) is 1. The third-order valence-electron chi connectivity index (χ3n) is 1.96. The number of carbonyl (C=O) groups is 1. The zero-order valence-corrected chi connectivity index (χ0v) is 11.2. The van der Waals surface area contributed by atoms with Gasteiger partial charge < -0.3 is 5.32 Å². The quantitative estimate of drug-likeness (QED) is 0.383. The Morgan fingerprint density at radius 1 is 1.59 bits per heavy atom. The second kappa shape index (κ2) is 7.17. The van der Waals surface area contributed by atoms with Crippen molar-refractivity contribution in [2.45, 2.75) is 6.42 Å². The zero-order chi connectivity index (χ0) is 12.7. The summed E-state index contributed by atoms with van der Waals surface area (Å²) in [6.07, 6.45) is 0.601. The summed E-state index contributed by atoms with van der Waals surface area (Å²) >= 11 is 9.19. The van der Waals surface area contributed by atoms with Gasteiger partial charge in [0.05, 0.1) is 10.6 Å². The Labute approximate surface area is 112 Å². The van der Waals surface area contributed by atoms with Gasteiger partial charge in [-0.1, -0.05) is 32.6 Å². The number of azide groups is 1. The van der Waals surface area contributed by atoms with Crippen molar-refractivity contribution in [3.05, 3.63) is 43.7 Å². The minimum absolute atomic E-state index is 0.233. The van der Waals surface area contributed by atoms with E-state index in [0.717, 1.165) is 4.47 Å². The smallest absolute Gasteiger partial charge is 0.252 e. The molecule has 0 radical (unpaired) electrons. The molecular weight excluding hydrogens is 307 g/mol. The molecular formula is C10H10BrClN4O. The Morgan fingerprint density at radius 2 is 2.35 bits per heavy atom. The molecule has 0 heterocycles. The summed E-state index contributed by atoms with van der Waals surface area (Å²) in [6, 6.07) is 5.06. The molecule has 0 fully saturated rings. The third kappa shape index (κ3) is 4.65. The highest BCUT2D eigenvalue weighted by atomic mass is 79.9. The Hall–Kier alpha value is -1.23. The standard InChI is InChI=1S/C10H10BrClN4O/c11-7-2-3-8(9(12)6-7)10(17)14-4-1-5-15-16-13/h2-3,6H,1,4-5H2,(H,14,17). The summed E-state index contributed by atoms with van der Waals surface area (Å²) < 4.78 is 0.822. The lowest BCUT2D eigenvalue weighted by atomic mass is 10.2. The van der Waals surface area contributed by atoms with E-state index in [1.165, 1.54) is 0 Å². The molecule has 17 heavy (non-hydrogen) atoms. The van der Waals surface area contributed by atoms with E-state index in [9.17, 15) is 4.79 Å². The fraction of sp³-hybridized carbons (Fsp3) is 0.300. The molecule has 0 unspecified atom stereocenters. The predicted molar refractivity (Wildman–Crippen MR) is 70.1 cm³/mol. The number of benzene rings is 1. The van der Waals surface area contributed by atoms with Crippen molar-refractivity contribution in [2.24, 2.45) is 5.11 Å². The van der Waals surface area contributed by atoms with Crippen LogP contribution in [0, 0.1) is 0 Å². The average molecular weight is 318 g/mol. The van der Waals surface area contributed by atoms with Gasteiger partial charge in [0.15, 0.2) is 0 Å². The van der Waals surface area contributed by atoms with E-state index in [1.807, 2.05) is 0 Å². The molecule has 1 aromatic carbocycles. The Kier molecular flexibility index (Phi) is 5.83. The van der Waals surface area contributed by atoms with Gasteiger partial charge in [-0.15, -0.1) is 0 Å². The van der Waals surface area contributed by atoms with Gasteiger partial charge in [0.2, 0.25) is 0 Å². The molecule has 1 aromatic rings. The number of carbonyl (C=O) groups excluding carboxylic acids is 1. The first-order valence-corrected chi connectivity index (χ1v) is 6.06. The summed E-state index contributed by atoms with van der Waals surface area (Å²) in [5, 5.41) is 6.46. The zero-order valence-electron chi connectivity index (χ0n) is 8.86. The van der Waals surface area contributed by atoms with E-state index in [-0.39, 0.29) is 5.91 Å². The van der Waals surface area contributed by atoms with Gasteiger partial charge in [-0.2, -0.15) is 0 Å². The topological polar surface area (TPSA) is 77.9 Å². The SMILES string of the molecule is [N-]=[N+]=NCCCNC(=O)c1ccc(Br)cc1Cl. The van der Waals surface area contributed by atoms with Crippen LogP contribution in [0.3, 0.4) is 0 Å². The van der Waals surface area contributed by atoms with Crippen LogP contribution in [-0.2, 0) is 0 Å². The molecule has 1 N–H and O–H groups in total. The highest BCUT2D eigenvalue weighted by Crippen LogP contribution is 2.21. The van der Waals surface area contributed by atoms with Crippen molar-refractivity contribution < 1.29 is 4.79 Å². The van der Waals surface area contributed by atoms with Gasteiger partial charge in [-0.3, -0.25) is 4.79 Å². The van der Waals surface area contributed by atoms with E-state index in [1.54, 1.807) is 18.2 Å². The number of nitrogens with one attached hydrogen (secondary N) is 1. The maximum Gasteiger partial charge on any atom is 0.252 e. The minimum atomic E-state index is -0.233. The van der Waals surface area contributed by atoms with Crippen molar-refractivity contribution in [3.8, 4) is 0 Å². The molecule has 0 aliphatic rings. The maximum absolute atomic E-state index is 11.7. The molecule has 5 nitrogen and oxygen atoms in total. The second-order valence-corrected chi connectivity index (χ2v) is 4.51. The van der Waals surface area contributed by atoms with E-state index >= 15 is 0 Å². The highest BCUT2D eigenvalue weighted by molar-refractivity contribution is 9.10. The van der Waals surface area contributed by atoms with Crippen molar-refractivity contribution >= 4 is 33.4 Å². The molecule has 90 valence electrons. The molecule has 0 atom stereocenters. The fourth-order valence-corrected chi connectivity index (χ4v) is 1.92. The lowest BCUT2D eigenvalue weighted by molar-refractivity contribution is 0.0953. The molecule has 0 saturated carbocycles. The monoisotopic (exact) mass is 316 g/mol.